The van der Waals surface area contributed by atoms with E-state index in [1.165, 1.54) is 42.5 Å². The van der Waals surface area contributed by atoms with E-state index in [0.717, 1.165) is 72.4 Å². The molecular weight excluding hydrogens is 670 g/mol. The fourth-order valence-electron chi connectivity index (χ4n) is 12.5. The maximum absolute atomic E-state index is 11.2. The molecule has 1 aromatic heterocycles. The van der Waals surface area contributed by atoms with Crippen LogP contribution in [0.25, 0.3) is 22.0 Å². The Morgan fingerprint density at radius 1 is 0.981 bits per heavy atom. The molecule has 9 rings (SSSR count). The van der Waals surface area contributed by atoms with Gasteiger partial charge in [0.1, 0.15) is 0 Å². The van der Waals surface area contributed by atoms with Crippen LogP contribution in [0.4, 0.5) is 0 Å². The van der Waals surface area contributed by atoms with Gasteiger partial charge < -0.3 is 39.1 Å². The lowest BCUT2D eigenvalue weighted by molar-refractivity contribution is -0.686. The zero-order valence-electron chi connectivity index (χ0n) is 32.1. The summed E-state index contributed by atoms with van der Waals surface area (Å²) in [6.45, 7) is 8.33. The van der Waals surface area contributed by atoms with Crippen molar-refractivity contribution in [3.8, 4) is 34.3 Å². The van der Waals surface area contributed by atoms with E-state index in [9.17, 15) is 20.1 Å². The summed E-state index contributed by atoms with van der Waals surface area (Å²) in [5.74, 6) is 5.18. The highest BCUT2D eigenvalue weighted by Crippen LogP contribution is 2.68. The Morgan fingerprint density at radius 2 is 1.74 bits per heavy atom. The van der Waals surface area contributed by atoms with E-state index in [4.69, 9.17) is 18.9 Å². The van der Waals surface area contributed by atoms with Gasteiger partial charge in [0, 0.05) is 18.5 Å². The fourth-order valence-corrected chi connectivity index (χ4v) is 12.5. The number of methoxy groups -OCH3 is 2. The van der Waals surface area contributed by atoms with E-state index in [2.05, 4.69) is 55.8 Å². The van der Waals surface area contributed by atoms with Crippen LogP contribution in [0, 0.1) is 46.3 Å². The number of carboxylic acid groups (broad SMARTS) is 1. The number of aliphatic hydroxyl groups excluding tert-OH is 2. The predicted molar refractivity (Wildman–Crippen MR) is 199 cm³/mol. The van der Waals surface area contributed by atoms with Gasteiger partial charge in [0.05, 0.1) is 37.4 Å². The molecular formula is C44H57NO8. The van der Waals surface area contributed by atoms with Crippen LogP contribution >= 0.6 is 0 Å². The number of rotatable bonds is 6. The van der Waals surface area contributed by atoms with Gasteiger partial charge in [-0.1, -0.05) is 20.8 Å². The first-order chi connectivity index (χ1) is 25.4. The summed E-state index contributed by atoms with van der Waals surface area (Å²) in [6, 6.07) is 10.4. The van der Waals surface area contributed by atoms with Crippen LogP contribution in [-0.2, 0) is 17.8 Å². The molecule has 2 aromatic carbocycles. The molecule has 3 heterocycles. The topological polar surface area (TPSA) is 121 Å². The van der Waals surface area contributed by atoms with Crippen LogP contribution in [0.2, 0.25) is 0 Å². The molecule has 9 heteroatoms. The molecule has 0 radical (unpaired) electrons. The van der Waals surface area contributed by atoms with Crippen molar-refractivity contribution in [3.63, 3.8) is 0 Å². The number of nitrogens with zero attached hydrogens (tertiary/aromatic N) is 1. The average molecular weight is 728 g/mol. The van der Waals surface area contributed by atoms with Crippen molar-refractivity contribution in [2.75, 3.05) is 21.0 Å². The van der Waals surface area contributed by atoms with Gasteiger partial charge in [-0.15, -0.1) is 0 Å². The third-order valence-electron chi connectivity index (χ3n) is 15.2. The van der Waals surface area contributed by atoms with Gasteiger partial charge in [-0.25, -0.2) is 0 Å². The molecule has 53 heavy (non-hydrogen) atoms. The lowest BCUT2D eigenvalue weighted by Gasteiger charge is -2.62. The lowest BCUT2D eigenvalue weighted by atomic mass is 9.43. The van der Waals surface area contributed by atoms with Crippen LogP contribution in [0.5, 0.6) is 23.0 Å². The van der Waals surface area contributed by atoms with E-state index in [1.807, 2.05) is 6.07 Å². The molecule has 4 aliphatic carbocycles. The zero-order chi connectivity index (χ0) is 37.2. The third kappa shape index (κ3) is 6.14. The Balaban J connectivity index is 0.000000152. The summed E-state index contributed by atoms with van der Waals surface area (Å²) in [4.78, 5) is 10.9. The van der Waals surface area contributed by atoms with Crippen molar-refractivity contribution in [1.29, 1.82) is 0 Å². The second-order valence-electron chi connectivity index (χ2n) is 17.6. The molecule has 2 aliphatic heterocycles. The SMILES string of the molecule is COc1ccc2cc3[n+](cc2c1OC)CCc1cc2c(cc1-3)OCO2.C[C@H](CCC(=O)[O-])[C@H]1CC[C@H]2[C@H]3C(CC[C@]12C)[C@@]1(C)CC[C@@H](O)C[C@H]1C[C@@H]3O. The molecule has 4 saturated carbocycles. The minimum absolute atomic E-state index is 0.162. The molecule has 1 unspecified atom stereocenters. The molecule has 2 N–H and O–H groups in total. The monoisotopic (exact) mass is 727 g/mol. The number of aliphatic hydroxyl groups is 2. The summed E-state index contributed by atoms with van der Waals surface area (Å²) in [7, 11) is 3.34. The lowest BCUT2D eigenvalue weighted by Crippen LogP contribution is -2.58. The van der Waals surface area contributed by atoms with E-state index >= 15 is 0 Å². The number of ether oxygens (including phenoxy) is 4. The number of hydrogen-bond donors (Lipinski definition) is 2. The van der Waals surface area contributed by atoms with Crippen LogP contribution in [0.3, 0.4) is 0 Å². The van der Waals surface area contributed by atoms with Crippen LogP contribution in [0.1, 0.15) is 90.5 Å². The largest absolute Gasteiger partial charge is 0.550 e. The number of pyridine rings is 1. The number of carboxylic acids is 1. The molecule has 6 aliphatic rings. The number of aromatic nitrogens is 1. The second-order valence-corrected chi connectivity index (χ2v) is 17.6. The van der Waals surface area contributed by atoms with Gasteiger partial charge in [0.15, 0.2) is 35.7 Å². The van der Waals surface area contributed by atoms with Crippen LogP contribution < -0.4 is 28.6 Å². The molecule has 9 nitrogen and oxygen atoms in total. The summed E-state index contributed by atoms with van der Waals surface area (Å²) in [5, 5.41) is 34.5. The Morgan fingerprint density at radius 3 is 2.49 bits per heavy atom. The van der Waals surface area contributed by atoms with Crippen LogP contribution in [-0.4, -0.2) is 49.4 Å². The number of aliphatic carboxylic acids is 1. The van der Waals surface area contributed by atoms with Gasteiger partial charge >= 0.3 is 0 Å². The standard InChI is InChI=1S/C24H40O4.C20H18NO4/c1-14(4-7-21(27)28)17-5-6-18-22-19(9-11-24(17,18)3)23(2)10-8-16(25)12-15(23)13-20(22)26;1-22-17-4-3-12-7-16-14-9-19-18(24-11-25-19)8-13(14)5-6-21(16)10-15(12)20(17)23-2/h14-20,22,25-26H,4-13H2,1-3H3,(H,27,28);3-4,7-10H,5-6,11H2,1-2H3/q;+1/p-1/t14-,15+,16-,17-,18+,19?,20+,22+,23+,24-;/m1./s1. The normalized spacial score (nSPS) is 34.0. The summed E-state index contributed by atoms with van der Waals surface area (Å²) in [5.41, 5.74) is 4.17. The Labute approximate surface area is 313 Å². The number of fused-ring (bicyclic) bond motifs is 10. The maximum Gasteiger partial charge on any atom is 0.231 e. The van der Waals surface area contributed by atoms with Crippen LogP contribution in [0.15, 0.2) is 36.5 Å². The average Bonchev–Trinajstić information content (AvgIpc) is 3.76. The van der Waals surface area contributed by atoms with Crippen molar-refractivity contribution in [3.05, 3.63) is 42.1 Å². The predicted octanol–water partition coefficient (Wildman–Crippen LogP) is 6.24. The number of carbonyl (C=O) groups is 1. The van der Waals surface area contributed by atoms with Crippen molar-refractivity contribution >= 4 is 16.7 Å². The van der Waals surface area contributed by atoms with E-state index in [1.54, 1.807) is 14.2 Å². The van der Waals surface area contributed by atoms with E-state index in [-0.39, 0.29) is 29.5 Å². The highest BCUT2D eigenvalue weighted by molar-refractivity contribution is 5.91. The molecule has 0 bridgehead atoms. The first kappa shape index (κ1) is 36.4. The quantitative estimate of drug-likeness (QED) is 0.287. The Kier molecular flexibility index (Phi) is 9.58. The smallest absolute Gasteiger partial charge is 0.231 e. The van der Waals surface area contributed by atoms with Gasteiger partial charge in [0.2, 0.25) is 12.5 Å². The molecule has 3 aromatic rings. The first-order valence-corrected chi connectivity index (χ1v) is 20.0. The van der Waals surface area contributed by atoms with E-state index in [0.29, 0.717) is 48.7 Å². The Hall–Kier alpha value is -3.56. The third-order valence-corrected chi connectivity index (χ3v) is 15.2. The molecule has 286 valence electrons. The molecule has 0 amide bonds. The van der Waals surface area contributed by atoms with E-state index < -0.39 is 5.97 Å². The number of carbonyl (C=O) groups excluding carboxylic acids is 1. The Bertz CT molecular complexity index is 1880. The van der Waals surface area contributed by atoms with Crippen molar-refractivity contribution in [2.45, 2.75) is 110 Å². The minimum atomic E-state index is -0.934. The second kappa shape index (κ2) is 13.9. The van der Waals surface area contributed by atoms with Gasteiger partial charge in [0.25, 0.3) is 0 Å². The molecule has 10 atom stereocenters. The van der Waals surface area contributed by atoms with Gasteiger partial charge in [-0.2, -0.15) is 4.57 Å². The molecule has 0 saturated heterocycles. The summed E-state index contributed by atoms with van der Waals surface area (Å²) in [6.07, 6.45) is 12.0. The maximum atomic E-state index is 11.2. The number of aryl methyl sites for hydroxylation is 2. The van der Waals surface area contributed by atoms with Gasteiger partial charge in [-0.05, 0) is 146 Å². The highest BCUT2D eigenvalue weighted by atomic mass is 16.7. The summed E-state index contributed by atoms with van der Waals surface area (Å²) < 4.78 is 24.4. The zero-order valence-corrected chi connectivity index (χ0v) is 32.1. The minimum Gasteiger partial charge on any atom is -0.550 e. The van der Waals surface area contributed by atoms with Gasteiger partial charge in [-0.3, -0.25) is 0 Å². The number of benzene rings is 2. The molecule has 0 spiro atoms. The van der Waals surface area contributed by atoms with Crippen molar-refractivity contribution in [1.82, 2.24) is 0 Å². The van der Waals surface area contributed by atoms with Crippen molar-refractivity contribution in [2.24, 2.45) is 46.3 Å². The fraction of sp³-hybridized carbons (Fsp3) is 0.636. The summed E-state index contributed by atoms with van der Waals surface area (Å²) >= 11 is 0. The highest BCUT2D eigenvalue weighted by Gasteiger charge is 2.62. The molecule has 4 fully saturated rings. The first-order valence-electron chi connectivity index (χ1n) is 20.0. The number of hydrogen-bond acceptors (Lipinski definition) is 8. The van der Waals surface area contributed by atoms with Crippen molar-refractivity contribution < 1.29 is 43.6 Å².